The van der Waals surface area contributed by atoms with E-state index in [0.29, 0.717) is 6.61 Å². The third-order valence-electron chi connectivity index (χ3n) is 4.15. The first kappa shape index (κ1) is 13.9. The summed E-state index contributed by atoms with van der Waals surface area (Å²) in [5.41, 5.74) is 4.08. The maximum absolute atomic E-state index is 5.78. The van der Waals surface area contributed by atoms with Crippen LogP contribution < -0.4 is 4.74 Å². The maximum atomic E-state index is 5.78. The van der Waals surface area contributed by atoms with Gasteiger partial charge in [0.1, 0.15) is 12.4 Å². The van der Waals surface area contributed by atoms with Crippen LogP contribution in [0, 0.1) is 5.92 Å². The van der Waals surface area contributed by atoms with Crippen LogP contribution in [0.5, 0.6) is 5.75 Å². The zero-order chi connectivity index (χ0) is 14.5. The highest BCUT2D eigenvalue weighted by Gasteiger charge is 2.11. The SMILES string of the molecule is CC1CC=C(c2ccc(COc3ccccc3)cc2)CC1. The molecule has 1 aliphatic carbocycles. The van der Waals surface area contributed by atoms with Gasteiger partial charge in [-0.15, -0.1) is 0 Å². The molecule has 21 heavy (non-hydrogen) atoms. The van der Waals surface area contributed by atoms with E-state index >= 15 is 0 Å². The van der Waals surface area contributed by atoms with Gasteiger partial charge in [0, 0.05) is 0 Å². The monoisotopic (exact) mass is 278 g/mol. The minimum absolute atomic E-state index is 0.625. The van der Waals surface area contributed by atoms with Crippen molar-refractivity contribution >= 4 is 5.57 Å². The third kappa shape index (κ3) is 3.75. The molecule has 0 N–H and O–H groups in total. The summed E-state index contributed by atoms with van der Waals surface area (Å²) >= 11 is 0. The number of allylic oxidation sites excluding steroid dienone is 2. The second-order valence-electron chi connectivity index (χ2n) is 5.91. The van der Waals surface area contributed by atoms with Crippen LogP contribution in [0.15, 0.2) is 60.7 Å². The Balaban J connectivity index is 1.62. The van der Waals surface area contributed by atoms with E-state index in [0.717, 1.165) is 11.7 Å². The first-order valence-corrected chi connectivity index (χ1v) is 7.77. The van der Waals surface area contributed by atoms with Crippen LogP contribution >= 0.6 is 0 Å². The second kappa shape index (κ2) is 6.62. The van der Waals surface area contributed by atoms with Crippen LogP contribution in [0.2, 0.25) is 0 Å². The van der Waals surface area contributed by atoms with Gasteiger partial charge in [0.2, 0.25) is 0 Å². The molecule has 2 aromatic carbocycles. The van der Waals surface area contributed by atoms with Crippen molar-refractivity contribution in [1.82, 2.24) is 0 Å². The summed E-state index contributed by atoms with van der Waals surface area (Å²) in [6, 6.07) is 18.8. The van der Waals surface area contributed by atoms with E-state index in [9.17, 15) is 0 Å². The standard InChI is InChI=1S/C20H22O/c1-16-7-11-18(12-8-16)19-13-9-17(10-14-19)15-21-20-5-3-2-4-6-20/h2-6,9-11,13-14,16H,7-8,12,15H2,1H3. The van der Waals surface area contributed by atoms with E-state index in [2.05, 4.69) is 37.3 Å². The molecule has 108 valence electrons. The molecule has 1 nitrogen and oxygen atoms in total. The summed E-state index contributed by atoms with van der Waals surface area (Å²) in [4.78, 5) is 0. The minimum atomic E-state index is 0.625. The Hall–Kier alpha value is -2.02. The average Bonchev–Trinajstić information content (AvgIpc) is 2.55. The van der Waals surface area contributed by atoms with Crippen molar-refractivity contribution in [1.29, 1.82) is 0 Å². The molecule has 0 spiro atoms. The van der Waals surface area contributed by atoms with Crippen LogP contribution in [0.4, 0.5) is 0 Å². The molecule has 0 saturated heterocycles. The van der Waals surface area contributed by atoms with Crippen LogP contribution in [-0.2, 0) is 6.61 Å². The largest absolute Gasteiger partial charge is 0.489 e. The van der Waals surface area contributed by atoms with E-state index in [1.807, 2.05) is 30.3 Å². The molecular formula is C20H22O. The van der Waals surface area contributed by atoms with Crippen molar-refractivity contribution in [2.75, 3.05) is 0 Å². The number of hydrogen-bond acceptors (Lipinski definition) is 1. The first-order valence-electron chi connectivity index (χ1n) is 7.77. The van der Waals surface area contributed by atoms with Crippen molar-refractivity contribution in [3.63, 3.8) is 0 Å². The first-order chi connectivity index (χ1) is 10.3. The van der Waals surface area contributed by atoms with Gasteiger partial charge >= 0.3 is 0 Å². The summed E-state index contributed by atoms with van der Waals surface area (Å²) in [6.45, 7) is 2.96. The Bertz CT molecular complexity index is 595. The van der Waals surface area contributed by atoms with Crippen molar-refractivity contribution in [3.8, 4) is 5.75 Å². The van der Waals surface area contributed by atoms with Crippen molar-refractivity contribution in [3.05, 3.63) is 71.8 Å². The van der Waals surface area contributed by atoms with Crippen LogP contribution in [-0.4, -0.2) is 0 Å². The normalized spacial score (nSPS) is 18.1. The van der Waals surface area contributed by atoms with Crippen molar-refractivity contribution in [2.45, 2.75) is 32.8 Å². The number of hydrogen-bond donors (Lipinski definition) is 0. The van der Waals surface area contributed by atoms with Gasteiger partial charge in [-0.25, -0.2) is 0 Å². The number of rotatable bonds is 4. The van der Waals surface area contributed by atoms with Crippen LogP contribution in [0.1, 0.15) is 37.3 Å². The Labute approximate surface area is 127 Å². The van der Waals surface area contributed by atoms with E-state index in [4.69, 9.17) is 4.74 Å². The van der Waals surface area contributed by atoms with Gasteiger partial charge in [-0.2, -0.15) is 0 Å². The topological polar surface area (TPSA) is 9.23 Å². The lowest BCUT2D eigenvalue weighted by molar-refractivity contribution is 0.306. The molecule has 1 aliphatic rings. The molecule has 1 atom stereocenters. The molecule has 0 saturated carbocycles. The van der Waals surface area contributed by atoms with E-state index in [-0.39, 0.29) is 0 Å². The fraction of sp³-hybridized carbons (Fsp3) is 0.300. The van der Waals surface area contributed by atoms with Gasteiger partial charge < -0.3 is 4.74 Å². The molecule has 1 unspecified atom stereocenters. The quantitative estimate of drug-likeness (QED) is 0.720. The zero-order valence-corrected chi connectivity index (χ0v) is 12.6. The Morgan fingerprint density at radius 3 is 2.43 bits per heavy atom. The molecule has 0 amide bonds. The van der Waals surface area contributed by atoms with Crippen LogP contribution in [0.3, 0.4) is 0 Å². The van der Waals surface area contributed by atoms with Crippen molar-refractivity contribution < 1.29 is 4.74 Å². The van der Waals surface area contributed by atoms with E-state index in [1.54, 1.807) is 0 Å². The molecule has 0 aliphatic heterocycles. The molecule has 0 radical (unpaired) electrons. The van der Waals surface area contributed by atoms with Crippen molar-refractivity contribution in [2.24, 2.45) is 5.92 Å². The molecular weight excluding hydrogens is 256 g/mol. The van der Waals surface area contributed by atoms with Gasteiger partial charge in [0.05, 0.1) is 0 Å². The zero-order valence-electron chi connectivity index (χ0n) is 12.6. The van der Waals surface area contributed by atoms with Crippen LogP contribution in [0.25, 0.3) is 5.57 Å². The fourth-order valence-corrected chi connectivity index (χ4v) is 2.73. The molecule has 2 aromatic rings. The lowest BCUT2D eigenvalue weighted by Crippen LogP contribution is -2.01. The molecule has 3 rings (SSSR count). The minimum Gasteiger partial charge on any atom is -0.489 e. The van der Waals surface area contributed by atoms with E-state index < -0.39 is 0 Å². The molecule has 0 fully saturated rings. The molecule has 0 aromatic heterocycles. The van der Waals surface area contributed by atoms with Gasteiger partial charge in [0.25, 0.3) is 0 Å². The second-order valence-corrected chi connectivity index (χ2v) is 5.91. The highest BCUT2D eigenvalue weighted by Crippen LogP contribution is 2.29. The molecule has 0 heterocycles. The number of ether oxygens (including phenoxy) is 1. The highest BCUT2D eigenvalue weighted by atomic mass is 16.5. The van der Waals surface area contributed by atoms with Gasteiger partial charge in [-0.1, -0.05) is 55.5 Å². The summed E-state index contributed by atoms with van der Waals surface area (Å²) in [6.07, 6.45) is 6.14. The smallest absolute Gasteiger partial charge is 0.119 e. The summed E-state index contributed by atoms with van der Waals surface area (Å²) < 4.78 is 5.78. The summed E-state index contributed by atoms with van der Waals surface area (Å²) in [5, 5.41) is 0. The average molecular weight is 278 g/mol. The summed E-state index contributed by atoms with van der Waals surface area (Å²) in [7, 11) is 0. The maximum Gasteiger partial charge on any atom is 0.119 e. The molecule has 1 heteroatoms. The lowest BCUT2D eigenvalue weighted by atomic mass is 9.87. The predicted molar refractivity (Wildman–Crippen MR) is 88.2 cm³/mol. The van der Waals surface area contributed by atoms with Gasteiger partial charge in [-0.05, 0) is 54.0 Å². The highest BCUT2D eigenvalue weighted by molar-refractivity contribution is 5.66. The molecule has 0 bridgehead atoms. The van der Waals surface area contributed by atoms with Gasteiger partial charge in [-0.3, -0.25) is 0 Å². The number of para-hydroxylation sites is 1. The number of benzene rings is 2. The Morgan fingerprint density at radius 1 is 1.00 bits per heavy atom. The van der Waals surface area contributed by atoms with Gasteiger partial charge in [0.15, 0.2) is 0 Å². The Morgan fingerprint density at radius 2 is 1.76 bits per heavy atom. The predicted octanol–water partition coefficient (Wildman–Crippen LogP) is 5.47. The summed E-state index contributed by atoms with van der Waals surface area (Å²) in [5.74, 6) is 1.76. The Kier molecular flexibility index (Phi) is 4.40. The fourth-order valence-electron chi connectivity index (χ4n) is 2.73. The lowest BCUT2D eigenvalue weighted by Gasteiger charge is -2.18. The van der Waals surface area contributed by atoms with E-state index in [1.165, 1.54) is 36.0 Å². The third-order valence-corrected chi connectivity index (χ3v) is 4.15.